The number of rotatable bonds is 5. The number of hydrazone groups is 1. The minimum atomic E-state index is -0.270. The first-order chi connectivity index (χ1) is 10.3. The molecule has 0 radical (unpaired) electrons. The van der Waals surface area contributed by atoms with Gasteiger partial charge in [-0.25, -0.2) is 5.43 Å². The zero-order valence-corrected chi connectivity index (χ0v) is 11.9. The highest BCUT2D eigenvalue weighted by Gasteiger charge is 2.07. The second-order valence-electron chi connectivity index (χ2n) is 4.15. The molecule has 1 N–H and O–H groups in total. The highest BCUT2D eigenvalue weighted by Crippen LogP contribution is 2.29. The van der Waals surface area contributed by atoms with Gasteiger partial charge in [-0.2, -0.15) is 5.10 Å². The third-order valence-electron chi connectivity index (χ3n) is 2.84. The van der Waals surface area contributed by atoms with Crippen molar-refractivity contribution in [3.05, 3.63) is 59.7 Å². The number of nitrogens with zero attached hydrogens (tertiary/aromatic N) is 1. The van der Waals surface area contributed by atoms with Gasteiger partial charge in [0.2, 0.25) is 0 Å². The minimum absolute atomic E-state index is 0.270. The van der Waals surface area contributed by atoms with Gasteiger partial charge in [-0.1, -0.05) is 24.3 Å². The Morgan fingerprint density at radius 2 is 1.81 bits per heavy atom. The van der Waals surface area contributed by atoms with Crippen molar-refractivity contribution in [1.82, 2.24) is 5.43 Å². The van der Waals surface area contributed by atoms with Gasteiger partial charge in [0, 0.05) is 11.1 Å². The lowest BCUT2D eigenvalue weighted by molar-refractivity contribution is 0.0955. The van der Waals surface area contributed by atoms with E-state index in [0.717, 1.165) is 0 Å². The lowest BCUT2D eigenvalue weighted by atomic mass is 10.2. The Kier molecular flexibility index (Phi) is 4.93. The molecule has 2 aromatic carbocycles. The summed E-state index contributed by atoms with van der Waals surface area (Å²) in [4.78, 5) is 11.8. The Bertz CT molecular complexity index is 639. The molecule has 2 rings (SSSR count). The molecule has 0 bridgehead atoms. The molecule has 0 unspecified atom stereocenters. The largest absolute Gasteiger partial charge is 0.493 e. The van der Waals surface area contributed by atoms with Crippen LogP contribution in [0.4, 0.5) is 0 Å². The molecule has 0 saturated carbocycles. The zero-order valence-electron chi connectivity index (χ0n) is 11.9. The number of benzene rings is 2. The van der Waals surface area contributed by atoms with Gasteiger partial charge in [-0.15, -0.1) is 0 Å². The van der Waals surface area contributed by atoms with Crippen molar-refractivity contribution in [3.8, 4) is 11.5 Å². The molecule has 21 heavy (non-hydrogen) atoms. The second kappa shape index (κ2) is 7.09. The maximum atomic E-state index is 11.8. The summed E-state index contributed by atoms with van der Waals surface area (Å²) >= 11 is 0. The predicted octanol–water partition coefficient (Wildman–Crippen LogP) is 2.47. The molecule has 0 atom stereocenters. The molecule has 0 spiro atoms. The first kappa shape index (κ1) is 14.6. The summed E-state index contributed by atoms with van der Waals surface area (Å²) in [5, 5.41) is 3.94. The summed E-state index contributed by atoms with van der Waals surface area (Å²) in [6.45, 7) is 0. The molecular formula is C16H16N2O3. The van der Waals surface area contributed by atoms with Crippen molar-refractivity contribution in [1.29, 1.82) is 0 Å². The van der Waals surface area contributed by atoms with Crippen LogP contribution in [-0.4, -0.2) is 26.3 Å². The predicted molar refractivity (Wildman–Crippen MR) is 81.0 cm³/mol. The molecule has 0 saturated heterocycles. The SMILES string of the molecule is COc1cccc(C=NNC(=O)c2ccccc2)c1OC. The maximum Gasteiger partial charge on any atom is 0.271 e. The number of methoxy groups -OCH3 is 2. The maximum absolute atomic E-state index is 11.8. The summed E-state index contributed by atoms with van der Waals surface area (Å²) in [6.07, 6.45) is 1.52. The zero-order chi connectivity index (χ0) is 15.1. The van der Waals surface area contributed by atoms with Crippen LogP contribution < -0.4 is 14.9 Å². The van der Waals surface area contributed by atoms with Gasteiger partial charge in [-0.05, 0) is 24.3 Å². The molecule has 5 nitrogen and oxygen atoms in total. The second-order valence-corrected chi connectivity index (χ2v) is 4.15. The van der Waals surface area contributed by atoms with Crippen LogP contribution in [0.5, 0.6) is 11.5 Å². The fourth-order valence-corrected chi connectivity index (χ4v) is 1.83. The fourth-order valence-electron chi connectivity index (χ4n) is 1.83. The number of ether oxygens (including phenoxy) is 2. The van der Waals surface area contributed by atoms with Gasteiger partial charge < -0.3 is 9.47 Å². The van der Waals surface area contributed by atoms with Gasteiger partial charge in [0.1, 0.15) is 0 Å². The molecule has 2 aromatic rings. The topological polar surface area (TPSA) is 59.9 Å². The summed E-state index contributed by atoms with van der Waals surface area (Å²) in [6, 6.07) is 14.3. The average molecular weight is 284 g/mol. The van der Waals surface area contributed by atoms with Gasteiger partial charge in [0.25, 0.3) is 5.91 Å². The van der Waals surface area contributed by atoms with Crippen LogP contribution in [0.3, 0.4) is 0 Å². The van der Waals surface area contributed by atoms with Crippen LogP contribution in [0, 0.1) is 0 Å². The molecule has 1 amide bonds. The number of amides is 1. The monoisotopic (exact) mass is 284 g/mol. The van der Waals surface area contributed by atoms with E-state index in [1.807, 2.05) is 18.2 Å². The van der Waals surface area contributed by atoms with Gasteiger partial charge in [-0.3, -0.25) is 4.79 Å². The van der Waals surface area contributed by atoms with E-state index in [4.69, 9.17) is 9.47 Å². The van der Waals surface area contributed by atoms with Gasteiger partial charge >= 0.3 is 0 Å². The van der Waals surface area contributed by atoms with Crippen LogP contribution in [0.25, 0.3) is 0 Å². The Morgan fingerprint density at radius 3 is 2.48 bits per heavy atom. The van der Waals surface area contributed by atoms with Crippen LogP contribution in [0.15, 0.2) is 53.6 Å². The number of carbonyl (C=O) groups is 1. The molecule has 0 heterocycles. The quantitative estimate of drug-likeness (QED) is 0.677. The molecule has 0 aromatic heterocycles. The Labute approximate surface area is 123 Å². The third kappa shape index (κ3) is 3.60. The van der Waals surface area contributed by atoms with E-state index in [-0.39, 0.29) is 5.91 Å². The number of nitrogens with one attached hydrogen (secondary N) is 1. The molecule has 0 aliphatic carbocycles. The van der Waals surface area contributed by atoms with Crippen molar-refractivity contribution in [2.45, 2.75) is 0 Å². The molecule has 108 valence electrons. The fraction of sp³-hybridized carbons (Fsp3) is 0.125. The Morgan fingerprint density at radius 1 is 1.05 bits per heavy atom. The summed E-state index contributed by atoms with van der Waals surface area (Å²) in [5.41, 5.74) is 3.73. The van der Waals surface area contributed by atoms with E-state index in [2.05, 4.69) is 10.5 Å². The van der Waals surface area contributed by atoms with E-state index in [1.54, 1.807) is 44.6 Å². The molecular weight excluding hydrogens is 268 g/mol. The summed E-state index contributed by atoms with van der Waals surface area (Å²) in [7, 11) is 3.12. The standard InChI is InChI=1S/C16H16N2O3/c1-20-14-10-6-9-13(15(14)21-2)11-17-18-16(19)12-7-4-3-5-8-12/h3-11H,1-2H3,(H,18,19). The highest BCUT2D eigenvalue weighted by molar-refractivity contribution is 5.95. The molecule has 0 aliphatic rings. The molecule has 5 heteroatoms. The van der Waals surface area contributed by atoms with E-state index in [0.29, 0.717) is 22.6 Å². The minimum Gasteiger partial charge on any atom is -0.493 e. The molecule has 0 aliphatic heterocycles. The van der Waals surface area contributed by atoms with Crippen molar-refractivity contribution in [3.63, 3.8) is 0 Å². The van der Waals surface area contributed by atoms with Crippen molar-refractivity contribution in [2.24, 2.45) is 5.10 Å². The van der Waals surface area contributed by atoms with Crippen molar-refractivity contribution >= 4 is 12.1 Å². The third-order valence-corrected chi connectivity index (χ3v) is 2.84. The lowest BCUT2D eigenvalue weighted by Gasteiger charge is -2.09. The van der Waals surface area contributed by atoms with Gasteiger partial charge in [0.15, 0.2) is 11.5 Å². The van der Waals surface area contributed by atoms with Crippen LogP contribution in [0.1, 0.15) is 15.9 Å². The van der Waals surface area contributed by atoms with E-state index in [1.165, 1.54) is 6.21 Å². The smallest absolute Gasteiger partial charge is 0.271 e. The lowest BCUT2D eigenvalue weighted by Crippen LogP contribution is -2.17. The molecule has 0 fully saturated rings. The normalized spacial score (nSPS) is 10.4. The van der Waals surface area contributed by atoms with E-state index in [9.17, 15) is 4.79 Å². The summed E-state index contributed by atoms with van der Waals surface area (Å²) in [5.74, 6) is 0.905. The number of carbonyl (C=O) groups excluding carboxylic acids is 1. The van der Waals surface area contributed by atoms with Crippen molar-refractivity contribution < 1.29 is 14.3 Å². The highest BCUT2D eigenvalue weighted by atomic mass is 16.5. The summed E-state index contributed by atoms with van der Waals surface area (Å²) < 4.78 is 10.5. The van der Waals surface area contributed by atoms with Crippen LogP contribution in [0.2, 0.25) is 0 Å². The van der Waals surface area contributed by atoms with Gasteiger partial charge in [0.05, 0.1) is 20.4 Å². The van der Waals surface area contributed by atoms with E-state index < -0.39 is 0 Å². The van der Waals surface area contributed by atoms with E-state index >= 15 is 0 Å². The Balaban J connectivity index is 2.10. The first-order valence-corrected chi connectivity index (χ1v) is 6.35. The Hall–Kier alpha value is -2.82. The number of hydrogen-bond acceptors (Lipinski definition) is 4. The van der Waals surface area contributed by atoms with Crippen LogP contribution in [-0.2, 0) is 0 Å². The number of para-hydroxylation sites is 1. The van der Waals surface area contributed by atoms with Crippen LogP contribution >= 0.6 is 0 Å². The number of hydrogen-bond donors (Lipinski definition) is 1. The first-order valence-electron chi connectivity index (χ1n) is 6.35. The van der Waals surface area contributed by atoms with Crippen molar-refractivity contribution in [2.75, 3.05) is 14.2 Å². The average Bonchev–Trinajstić information content (AvgIpc) is 2.55.